The summed E-state index contributed by atoms with van der Waals surface area (Å²) in [5.41, 5.74) is 8.07. The normalized spacial score (nSPS) is 27.6. The summed E-state index contributed by atoms with van der Waals surface area (Å²) in [6, 6.07) is 14.5. The molecule has 148 valence electrons. The summed E-state index contributed by atoms with van der Waals surface area (Å²) in [5.74, 6) is 1.43. The third kappa shape index (κ3) is 4.34. The van der Waals surface area contributed by atoms with E-state index in [0.717, 1.165) is 25.0 Å². The number of para-hydroxylation sites is 1. The molecule has 1 saturated heterocycles. The molecule has 1 aliphatic heterocycles. The number of hydrazine groups is 1. The Labute approximate surface area is 166 Å². The van der Waals surface area contributed by atoms with Gasteiger partial charge in [0.1, 0.15) is 11.9 Å². The van der Waals surface area contributed by atoms with Crippen LogP contribution in [0.15, 0.2) is 54.9 Å². The van der Waals surface area contributed by atoms with E-state index < -0.39 is 0 Å². The molecule has 2 aliphatic rings. The van der Waals surface area contributed by atoms with Crippen LogP contribution in [0.5, 0.6) is 5.75 Å². The fourth-order valence-corrected chi connectivity index (χ4v) is 4.36. The van der Waals surface area contributed by atoms with Gasteiger partial charge in [-0.3, -0.25) is 15.2 Å². The Bertz CT molecular complexity index is 771. The minimum atomic E-state index is -0.0675. The zero-order valence-corrected chi connectivity index (χ0v) is 16.2. The molecular weight excluding hydrogens is 352 g/mol. The number of benzene rings is 1. The molecule has 5 atom stereocenters. The Balaban J connectivity index is 1.30. The van der Waals surface area contributed by atoms with Crippen LogP contribution in [-0.2, 0) is 4.79 Å². The number of rotatable bonds is 6. The lowest BCUT2D eigenvalue weighted by molar-refractivity contribution is -0.126. The molecule has 1 saturated carbocycles. The fourth-order valence-electron chi connectivity index (χ4n) is 4.36. The van der Waals surface area contributed by atoms with Crippen molar-refractivity contribution in [2.45, 2.75) is 44.4 Å². The maximum absolute atomic E-state index is 12.8. The highest BCUT2D eigenvalue weighted by molar-refractivity contribution is 5.78. The maximum Gasteiger partial charge on any atom is 0.223 e. The first-order chi connectivity index (χ1) is 13.7. The van der Waals surface area contributed by atoms with Crippen LogP contribution in [0.4, 0.5) is 0 Å². The highest BCUT2D eigenvalue weighted by atomic mass is 16.5. The second-order valence-corrected chi connectivity index (χ2v) is 7.81. The summed E-state index contributed by atoms with van der Waals surface area (Å²) < 4.78 is 5.86. The van der Waals surface area contributed by atoms with Crippen LogP contribution < -0.4 is 20.9 Å². The smallest absolute Gasteiger partial charge is 0.223 e. The van der Waals surface area contributed by atoms with Crippen molar-refractivity contribution in [1.29, 1.82) is 0 Å². The van der Waals surface area contributed by atoms with E-state index in [9.17, 15) is 4.79 Å². The molecule has 4 rings (SSSR count). The highest BCUT2D eigenvalue weighted by Crippen LogP contribution is 2.40. The van der Waals surface area contributed by atoms with Gasteiger partial charge in [-0.15, -0.1) is 0 Å². The third-order valence-corrected chi connectivity index (χ3v) is 5.83. The number of nitrogens with one attached hydrogen (secondary N) is 3. The molecule has 1 amide bonds. The topological polar surface area (TPSA) is 75.3 Å². The van der Waals surface area contributed by atoms with Gasteiger partial charge in [-0.25, -0.2) is 5.43 Å². The molecule has 0 spiro atoms. The highest BCUT2D eigenvalue weighted by Gasteiger charge is 2.42. The summed E-state index contributed by atoms with van der Waals surface area (Å²) in [4.78, 5) is 16.9. The molecule has 1 aromatic heterocycles. The van der Waals surface area contributed by atoms with Crippen LogP contribution in [-0.4, -0.2) is 29.6 Å². The van der Waals surface area contributed by atoms with Gasteiger partial charge in [-0.05, 0) is 61.9 Å². The number of hydrogen-bond donors (Lipinski definition) is 3. The van der Waals surface area contributed by atoms with E-state index in [4.69, 9.17) is 4.74 Å². The largest absolute Gasteiger partial charge is 0.489 e. The zero-order valence-electron chi connectivity index (χ0n) is 16.2. The lowest BCUT2D eigenvalue weighted by atomic mass is 9.74. The van der Waals surface area contributed by atoms with Crippen LogP contribution in [0.3, 0.4) is 0 Å². The summed E-state index contributed by atoms with van der Waals surface area (Å²) in [7, 11) is 0. The number of pyridine rings is 1. The molecule has 6 nitrogen and oxygen atoms in total. The first-order valence-electron chi connectivity index (χ1n) is 10.1. The van der Waals surface area contributed by atoms with Crippen LogP contribution in [0, 0.1) is 11.8 Å². The number of amides is 1. The van der Waals surface area contributed by atoms with E-state index in [-0.39, 0.29) is 24.0 Å². The predicted octanol–water partition coefficient (Wildman–Crippen LogP) is 2.60. The van der Waals surface area contributed by atoms with Gasteiger partial charge < -0.3 is 10.1 Å². The van der Waals surface area contributed by atoms with Gasteiger partial charge in [0.2, 0.25) is 5.91 Å². The third-order valence-electron chi connectivity index (χ3n) is 5.83. The molecule has 1 aromatic carbocycles. The Hall–Kier alpha value is -2.44. The Morgan fingerprint density at radius 2 is 1.96 bits per heavy atom. The molecule has 2 heterocycles. The predicted molar refractivity (Wildman–Crippen MR) is 107 cm³/mol. The van der Waals surface area contributed by atoms with Crippen molar-refractivity contribution >= 4 is 5.91 Å². The minimum Gasteiger partial charge on any atom is -0.489 e. The number of hydrogen-bond acceptors (Lipinski definition) is 5. The second kappa shape index (κ2) is 8.71. The SMILES string of the molecule is CC(CNC(=O)C1CCC2NNC(c3ccncc3)C2C1)Oc1ccccc1. The van der Waals surface area contributed by atoms with E-state index in [1.54, 1.807) is 0 Å². The number of carbonyl (C=O) groups excluding carboxylic acids is 1. The van der Waals surface area contributed by atoms with Gasteiger partial charge in [0.05, 0.1) is 12.6 Å². The first kappa shape index (κ1) is 18.9. The quantitative estimate of drug-likeness (QED) is 0.718. The van der Waals surface area contributed by atoms with Gasteiger partial charge in [0.25, 0.3) is 0 Å². The van der Waals surface area contributed by atoms with E-state index in [2.05, 4.69) is 21.2 Å². The van der Waals surface area contributed by atoms with Crippen LogP contribution >= 0.6 is 0 Å². The molecule has 6 heteroatoms. The summed E-state index contributed by atoms with van der Waals surface area (Å²) in [6.45, 7) is 2.50. The summed E-state index contributed by atoms with van der Waals surface area (Å²) in [5, 5.41) is 3.09. The summed E-state index contributed by atoms with van der Waals surface area (Å²) >= 11 is 0. The van der Waals surface area contributed by atoms with Crippen molar-refractivity contribution in [3.8, 4) is 5.75 Å². The number of fused-ring (bicyclic) bond motifs is 1. The van der Waals surface area contributed by atoms with E-state index in [1.165, 1.54) is 5.56 Å². The molecule has 2 fully saturated rings. The molecular formula is C22H28N4O2. The lowest BCUT2D eigenvalue weighted by Crippen LogP contribution is -2.42. The van der Waals surface area contributed by atoms with Crippen LogP contribution in [0.25, 0.3) is 0 Å². The Kier molecular flexibility index (Phi) is 5.88. The van der Waals surface area contributed by atoms with Crippen molar-refractivity contribution < 1.29 is 9.53 Å². The molecule has 3 N–H and O–H groups in total. The van der Waals surface area contributed by atoms with Crippen molar-refractivity contribution in [3.63, 3.8) is 0 Å². The average Bonchev–Trinajstić information content (AvgIpc) is 3.16. The fraction of sp³-hybridized carbons (Fsp3) is 0.455. The average molecular weight is 380 g/mol. The number of ether oxygens (including phenoxy) is 1. The number of nitrogens with zero attached hydrogens (tertiary/aromatic N) is 1. The van der Waals surface area contributed by atoms with Crippen molar-refractivity contribution in [2.75, 3.05) is 6.54 Å². The molecule has 2 aromatic rings. The van der Waals surface area contributed by atoms with Gasteiger partial charge >= 0.3 is 0 Å². The zero-order chi connectivity index (χ0) is 19.3. The van der Waals surface area contributed by atoms with Gasteiger partial charge in [-0.1, -0.05) is 18.2 Å². The lowest BCUT2D eigenvalue weighted by Gasteiger charge is -2.32. The monoisotopic (exact) mass is 380 g/mol. The summed E-state index contributed by atoms with van der Waals surface area (Å²) in [6.07, 6.45) is 6.39. The molecule has 0 bridgehead atoms. The Morgan fingerprint density at radius 3 is 2.75 bits per heavy atom. The number of carbonyl (C=O) groups is 1. The van der Waals surface area contributed by atoms with Crippen molar-refractivity contribution in [3.05, 3.63) is 60.4 Å². The van der Waals surface area contributed by atoms with Crippen molar-refractivity contribution in [1.82, 2.24) is 21.2 Å². The van der Waals surface area contributed by atoms with Gasteiger partial charge in [0, 0.05) is 24.4 Å². The van der Waals surface area contributed by atoms with Crippen molar-refractivity contribution in [2.24, 2.45) is 11.8 Å². The van der Waals surface area contributed by atoms with E-state index in [1.807, 2.05) is 61.8 Å². The molecule has 0 radical (unpaired) electrons. The molecule has 1 aliphatic carbocycles. The molecule has 28 heavy (non-hydrogen) atoms. The molecule has 5 unspecified atom stereocenters. The minimum absolute atomic E-state index is 0.0520. The first-order valence-corrected chi connectivity index (χ1v) is 10.1. The van der Waals surface area contributed by atoms with Gasteiger partial charge in [0.15, 0.2) is 0 Å². The standard InChI is InChI=1S/C22H28N4O2/c1-15(28-18-5-3-2-4-6-18)14-24-22(27)17-7-8-20-19(13-17)21(26-25-20)16-9-11-23-12-10-16/h2-6,9-12,15,17,19-21,25-26H,7-8,13-14H2,1H3,(H,24,27). The van der Waals surface area contributed by atoms with Crippen LogP contribution in [0.2, 0.25) is 0 Å². The van der Waals surface area contributed by atoms with E-state index >= 15 is 0 Å². The number of aromatic nitrogens is 1. The van der Waals surface area contributed by atoms with Crippen LogP contribution in [0.1, 0.15) is 37.8 Å². The van der Waals surface area contributed by atoms with E-state index in [0.29, 0.717) is 18.5 Å². The maximum atomic E-state index is 12.8. The Morgan fingerprint density at radius 1 is 1.18 bits per heavy atom. The second-order valence-electron chi connectivity index (χ2n) is 7.81. The van der Waals surface area contributed by atoms with Gasteiger partial charge in [-0.2, -0.15) is 0 Å².